The Morgan fingerprint density at radius 3 is 2.62 bits per heavy atom. The van der Waals surface area contributed by atoms with E-state index in [9.17, 15) is 4.79 Å². The first-order valence-electron chi connectivity index (χ1n) is 11.0. The number of aryl methyl sites for hydroxylation is 1. The maximum Gasteiger partial charge on any atom is 0.407 e. The van der Waals surface area contributed by atoms with E-state index >= 15 is 0 Å². The molecule has 0 aromatic carbocycles. The molecule has 0 bridgehead atoms. The molecule has 0 atom stereocenters. The van der Waals surface area contributed by atoms with Crippen LogP contribution in [0.25, 0.3) is 11.5 Å². The van der Waals surface area contributed by atoms with E-state index in [2.05, 4.69) is 21.5 Å². The zero-order valence-electron chi connectivity index (χ0n) is 17.3. The van der Waals surface area contributed by atoms with Gasteiger partial charge < -0.3 is 14.6 Å². The highest BCUT2D eigenvalue weighted by molar-refractivity contribution is 5.68. The highest BCUT2D eigenvalue weighted by atomic mass is 16.6. The molecule has 2 aliphatic carbocycles. The number of hydrogen-bond acceptors (Lipinski definition) is 5. The van der Waals surface area contributed by atoms with Crippen molar-refractivity contribution in [3.63, 3.8) is 0 Å². The molecule has 0 unspecified atom stereocenters. The average molecular weight is 398 g/mol. The van der Waals surface area contributed by atoms with E-state index in [-0.39, 0.29) is 12.2 Å². The van der Waals surface area contributed by atoms with Crippen molar-refractivity contribution in [3.8, 4) is 11.5 Å². The van der Waals surface area contributed by atoms with Crippen LogP contribution in [0.4, 0.5) is 4.79 Å². The van der Waals surface area contributed by atoms with Crippen LogP contribution in [0.15, 0.2) is 22.9 Å². The van der Waals surface area contributed by atoms with Gasteiger partial charge in [0.2, 0.25) is 0 Å². The van der Waals surface area contributed by atoms with Crippen molar-refractivity contribution >= 4 is 6.09 Å². The third kappa shape index (κ3) is 5.17. The predicted molar refractivity (Wildman–Crippen MR) is 110 cm³/mol. The molecule has 0 spiro atoms. The molecule has 2 aromatic rings. The number of carbonyl (C=O) groups is 1. The second-order valence-electron chi connectivity index (χ2n) is 8.50. The van der Waals surface area contributed by atoms with Crippen LogP contribution in [0.2, 0.25) is 0 Å². The standard InChI is InChI=1S/C23H31N3O3/c1-16-20(15-25-23(27)28-19-9-5-6-10-19)22(29-26-16)21-12-11-18(14-24-21)13-17-7-3-2-4-8-17/h11-12,14,17,19H,2-10,13,15H2,1H3,(H,25,27). The number of amides is 1. The lowest BCUT2D eigenvalue weighted by Crippen LogP contribution is -2.27. The molecule has 6 nitrogen and oxygen atoms in total. The SMILES string of the molecule is Cc1noc(-c2ccc(CC3CCCCC3)cn2)c1CNC(=O)OC1CCCC1. The molecule has 0 radical (unpaired) electrons. The van der Waals surface area contributed by atoms with Gasteiger partial charge in [0.25, 0.3) is 0 Å². The lowest BCUT2D eigenvalue weighted by Gasteiger charge is -2.21. The van der Waals surface area contributed by atoms with Gasteiger partial charge in [0.05, 0.1) is 12.2 Å². The quantitative estimate of drug-likeness (QED) is 0.712. The Hall–Kier alpha value is -2.37. The zero-order chi connectivity index (χ0) is 20.1. The van der Waals surface area contributed by atoms with Gasteiger partial charge in [0.15, 0.2) is 5.76 Å². The number of nitrogens with zero attached hydrogens (tertiary/aromatic N) is 2. The molecule has 2 fully saturated rings. The number of hydrogen-bond donors (Lipinski definition) is 1. The van der Waals surface area contributed by atoms with Crippen molar-refractivity contribution in [2.24, 2.45) is 5.92 Å². The van der Waals surface area contributed by atoms with Crippen LogP contribution >= 0.6 is 0 Å². The summed E-state index contributed by atoms with van der Waals surface area (Å²) < 4.78 is 11.0. The number of carbonyl (C=O) groups excluding carboxylic acids is 1. The summed E-state index contributed by atoms with van der Waals surface area (Å²) in [6, 6.07) is 4.14. The zero-order valence-corrected chi connectivity index (χ0v) is 17.3. The second-order valence-corrected chi connectivity index (χ2v) is 8.50. The molecule has 156 valence electrons. The van der Waals surface area contributed by atoms with E-state index in [0.29, 0.717) is 12.3 Å². The summed E-state index contributed by atoms with van der Waals surface area (Å²) in [4.78, 5) is 16.7. The van der Waals surface area contributed by atoms with Gasteiger partial charge >= 0.3 is 6.09 Å². The first-order chi connectivity index (χ1) is 14.2. The normalized spacial score (nSPS) is 18.1. The smallest absolute Gasteiger partial charge is 0.407 e. The van der Waals surface area contributed by atoms with Gasteiger partial charge in [-0.05, 0) is 56.6 Å². The van der Waals surface area contributed by atoms with Crippen LogP contribution in [0, 0.1) is 12.8 Å². The van der Waals surface area contributed by atoms with Crippen molar-refractivity contribution in [2.45, 2.75) is 83.8 Å². The molecule has 2 saturated carbocycles. The van der Waals surface area contributed by atoms with Crippen LogP contribution in [0.1, 0.15) is 74.6 Å². The Balaban J connectivity index is 1.37. The summed E-state index contributed by atoms with van der Waals surface area (Å²) in [6.07, 6.45) is 13.7. The molecule has 2 heterocycles. The third-order valence-electron chi connectivity index (χ3n) is 6.28. The largest absolute Gasteiger partial charge is 0.446 e. The van der Waals surface area contributed by atoms with Crippen LogP contribution in [0.5, 0.6) is 0 Å². The number of ether oxygens (including phenoxy) is 1. The minimum Gasteiger partial charge on any atom is -0.446 e. The Morgan fingerprint density at radius 1 is 1.14 bits per heavy atom. The van der Waals surface area contributed by atoms with E-state index in [4.69, 9.17) is 9.26 Å². The molecule has 4 rings (SSSR count). The van der Waals surface area contributed by atoms with Gasteiger partial charge in [0.1, 0.15) is 11.8 Å². The van der Waals surface area contributed by atoms with Crippen LogP contribution in [-0.4, -0.2) is 22.3 Å². The molecule has 6 heteroatoms. The van der Waals surface area contributed by atoms with E-state index in [1.165, 1.54) is 37.7 Å². The van der Waals surface area contributed by atoms with Gasteiger partial charge in [-0.2, -0.15) is 0 Å². The summed E-state index contributed by atoms with van der Waals surface area (Å²) in [6.45, 7) is 2.20. The Bertz CT molecular complexity index is 803. The molecule has 1 N–H and O–H groups in total. The van der Waals surface area contributed by atoms with Crippen molar-refractivity contribution in [2.75, 3.05) is 0 Å². The Labute approximate surface area is 172 Å². The molecular formula is C23H31N3O3. The number of rotatable bonds is 6. The van der Waals surface area contributed by atoms with Crippen molar-refractivity contribution in [1.82, 2.24) is 15.5 Å². The first kappa shape index (κ1) is 19.9. The average Bonchev–Trinajstić information content (AvgIpc) is 3.37. The number of pyridine rings is 1. The molecule has 29 heavy (non-hydrogen) atoms. The topological polar surface area (TPSA) is 77.3 Å². The summed E-state index contributed by atoms with van der Waals surface area (Å²) >= 11 is 0. The molecule has 0 saturated heterocycles. The maximum absolute atomic E-state index is 12.1. The third-order valence-corrected chi connectivity index (χ3v) is 6.28. The highest BCUT2D eigenvalue weighted by Gasteiger charge is 2.21. The van der Waals surface area contributed by atoms with Gasteiger partial charge in [-0.25, -0.2) is 4.79 Å². The summed E-state index contributed by atoms with van der Waals surface area (Å²) in [5, 5.41) is 6.92. The molecule has 2 aliphatic rings. The fraction of sp³-hybridized carbons (Fsp3) is 0.609. The van der Waals surface area contributed by atoms with Gasteiger partial charge in [-0.1, -0.05) is 43.3 Å². The van der Waals surface area contributed by atoms with Gasteiger partial charge in [-0.3, -0.25) is 4.98 Å². The van der Waals surface area contributed by atoms with Crippen LogP contribution in [0.3, 0.4) is 0 Å². The fourth-order valence-electron chi connectivity index (χ4n) is 4.56. The number of alkyl carbamates (subject to hydrolysis) is 1. The summed E-state index contributed by atoms with van der Waals surface area (Å²) in [5.74, 6) is 1.41. The lowest BCUT2D eigenvalue weighted by molar-refractivity contribution is 0.101. The van der Waals surface area contributed by atoms with E-state index in [0.717, 1.165) is 55.0 Å². The molecule has 1 amide bonds. The monoisotopic (exact) mass is 397 g/mol. The minimum absolute atomic E-state index is 0.0522. The fourth-order valence-corrected chi connectivity index (χ4v) is 4.56. The van der Waals surface area contributed by atoms with E-state index < -0.39 is 0 Å². The molecular weight excluding hydrogens is 366 g/mol. The highest BCUT2D eigenvalue weighted by Crippen LogP contribution is 2.28. The van der Waals surface area contributed by atoms with Crippen LogP contribution < -0.4 is 5.32 Å². The maximum atomic E-state index is 12.1. The Kier molecular flexibility index (Phi) is 6.47. The first-order valence-corrected chi connectivity index (χ1v) is 11.0. The minimum atomic E-state index is -0.376. The Morgan fingerprint density at radius 2 is 1.90 bits per heavy atom. The predicted octanol–water partition coefficient (Wildman–Crippen LogP) is 5.34. The van der Waals surface area contributed by atoms with Crippen molar-refractivity contribution in [3.05, 3.63) is 35.2 Å². The van der Waals surface area contributed by atoms with Gasteiger partial charge in [0, 0.05) is 11.8 Å². The lowest BCUT2D eigenvalue weighted by atomic mass is 9.85. The van der Waals surface area contributed by atoms with Gasteiger partial charge in [-0.15, -0.1) is 0 Å². The van der Waals surface area contributed by atoms with Crippen LogP contribution in [-0.2, 0) is 17.7 Å². The number of nitrogens with one attached hydrogen (secondary N) is 1. The van der Waals surface area contributed by atoms with Crippen molar-refractivity contribution < 1.29 is 14.1 Å². The number of aromatic nitrogens is 2. The molecule has 0 aliphatic heterocycles. The summed E-state index contributed by atoms with van der Waals surface area (Å²) in [7, 11) is 0. The van der Waals surface area contributed by atoms with E-state index in [1.54, 1.807) is 0 Å². The summed E-state index contributed by atoms with van der Waals surface area (Å²) in [5.41, 5.74) is 3.63. The second kappa shape index (κ2) is 9.42. The molecule has 2 aromatic heterocycles. The van der Waals surface area contributed by atoms with Crippen molar-refractivity contribution in [1.29, 1.82) is 0 Å². The van der Waals surface area contributed by atoms with E-state index in [1.807, 2.05) is 19.2 Å².